The zero-order valence-electron chi connectivity index (χ0n) is 8.91. The molecule has 0 aliphatic rings. The molecule has 0 unspecified atom stereocenters. The molecule has 0 amide bonds. The minimum Gasteiger partial charge on any atom is -0.394 e. The second-order valence-electron chi connectivity index (χ2n) is 2.74. The second kappa shape index (κ2) is 7.74. The van der Waals surface area contributed by atoms with Crippen LogP contribution in [0.4, 0.5) is 5.82 Å². The fraction of sp³-hybridized carbons (Fsp3) is 0.625. The molecule has 0 atom stereocenters. The van der Waals surface area contributed by atoms with Gasteiger partial charge in [0.15, 0.2) is 5.82 Å². The van der Waals surface area contributed by atoms with Gasteiger partial charge in [0.1, 0.15) is 12.7 Å². The van der Waals surface area contributed by atoms with E-state index in [0.717, 1.165) is 0 Å². The molecule has 8 heteroatoms. The number of nitro groups is 1. The van der Waals surface area contributed by atoms with Gasteiger partial charge in [-0.05, 0) is 4.92 Å². The third-order valence-corrected chi connectivity index (χ3v) is 1.64. The van der Waals surface area contributed by atoms with E-state index >= 15 is 0 Å². The van der Waals surface area contributed by atoms with Crippen molar-refractivity contribution in [3.8, 4) is 0 Å². The summed E-state index contributed by atoms with van der Waals surface area (Å²) in [5.41, 5.74) is 0. The molecule has 8 nitrogen and oxygen atoms in total. The third-order valence-electron chi connectivity index (χ3n) is 1.64. The van der Waals surface area contributed by atoms with E-state index < -0.39 is 4.92 Å². The molecule has 1 rings (SSSR count). The highest BCUT2D eigenvalue weighted by atomic mass is 16.6. The summed E-state index contributed by atoms with van der Waals surface area (Å²) in [5, 5.41) is 34.2. The summed E-state index contributed by atoms with van der Waals surface area (Å²) >= 11 is 0. The van der Waals surface area contributed by atoms with Crippen molar-refractivity contribution in [2.45, 2.75) is 13.5 Å². The van der Waals surface area contributed by atoms with E-state index in [0.29, 0.717) is 5.82 Å². The molecule has 0 aromatic carbocycles. The molecule has 0 fully saturated rings. The fourth-order valence-electron chi connectivity index (χ4n) is 0.978. The predicted octanol–water partition coefficient (Wildman–Crippen LogP) is -0.937. The van der Waals surface area contributed by atoms with Gasteiger partial charge in [-0.25, -0.2) is 9.55 Å². The van der Waals surface area contributed by atoms with Crippen LogP contribution in [0.5, 0.6) is 0 Å². The molecule has 1 aromatic heterocycles. The fourth-order valence-corrected chi connectivity index (χ4v) is 0.978. The van der Waals surface area contributed by atoms with Crippen LogP contribution < -0.4 is 0 Å². The zero-order chi connectivity index (χ0) is 12.6. The molecule has 0 radical (unpaired) electrons. The van der Waals surface area contributed by atoms with Gasteiger partial charge in [0.05, 0.1) is 19.8 Å². The first-order valence-corrected chi connectivity index (χ1v) is 4.57. The van der Waals surface area contributed by atoms with Gasteiger partial charge < -0.3 is 25.4 Å². The summed E-state index contributed by atoms with van der Waals surface area (Å²) in [6.45, 7) is 1.49. The average molecular weight is 233 g/mol. The van der Waals surface area contributed by atoms with E-state index in [-0.39, 0.29) is 32.2 Å². The van der Waals surface area contributed by atoms with Gasteiger partial charge in [0, 0.05) is 6.92 Å². The van der Waals surface area contributed by atoms with Gasteiger partial charge in [-0.1, -0.05) is 0 Å². The maximum Gasteiger partial charge on any atom is 0.342 e. The predicted molar refractivity (Wildman–Crippen MR) is 54.9 cm³/mol. The monoisotopic (exact) mass is 233 g/mol. The molecule has 3 N–H and O–H groups in total. The highest BCUT2D eigenvalue weighted by molar-refractivity contribution is 5.18. The maximum absolute atomic E-state index is 10.4. The first kappa shape index (κ1) is 14.5. The molecule has 1 heterocycles. The van der Waals surface area contributed by atoms with Crippen LogP contribution in [0.3, 0.4) is 0 Å². The van der Waals surface area contributed by atoms with E-state index in [1.54, 1.807) is 6.92 Å². The first-order valence-electron chi connectivity index (χ1n) is 4.57. The van der Waals surface area contributed by atoms with Crippen LogP contribution in [-0.4, -0.2) is 49.6 Å². The van der Waals surface area contributed by atoms with Crippen molar-refractivity contribution < 1.29 is 20.2 Å². The molecule has 0 saturated heterocycles. The number of rotatable bonds is 4. The van der Waals surface area contributed by atoms with Crippen molar-refractivity contribution in [2.75, 3.05) is 19.8 Å². The minimum absolute atomic E-state index is 0.0819. The highest BCUT2D eigenvalue weighted by Gasteiger charge is 2.15. The SMILES string of the molecule is Cc1ncc([N+](=O)[O-])n1CCO.OCCO. The Kier molecular flexibility index (Phi) is 7.01. The Bertz CT molecular complexity index is 323. The number of aryl methyl sites for hydroxylation is 1. The molecule has 0 bridgehead atoms. The minimum atomic E-state index is -0.518. The third kappa shape index (κ3) is 4.34. The Hall–Kier alpha value is -1.51. The summed E-state index contributed by atoms with van der Waals surface area (Å²) < 4.78 is 1.36. The summed E-state index contributed by atoms with van der Waals surface area (Å²) in [4.78, 5) is 13.6. The van der Waals surface area contributed by atoms with Crippen LogP contribution in [0.1, 0.15) is 5.82 Å². The van der Waals surface area contributed by atoms with Crippen molar-refractivity contribution in [1.82, 2.24) is 9.55 Å². The van der Waals surface area contributed by atoms with Gasteiger partial charge in [0.25, 0.3) is 0 Å². The number of nitrogens with zero attached hydrogens (tertiary/aromatic N) is 3. The smallest absolute Gasteiger partial charge is 0.342 e. The largest absolute Gasteiger partial charge is 0.394 e. The van der Waals surface area contributed by atoms with Gasteiger partial charge in [-0.3, -0.25) is 0 Å². The number of hydrogen-bond donors (Lipinski definition) is 3. The quantitative estimate of drug-likeness (QED) is 0.456. The number of aliphatic hydroxyl groups excluding tert-OH is 3. The summed E-state index contributed by atoms with van der Waals surface area (Å²) in [6.07, 6.45) is 1.19. The van der Waals surface area contributed by atoms with E-state index in [9.17, 15) is 10.1 Å². The molecular weight excluding hydrogens is 218 g/mol. The van der Waals surface area contributed by atoms with Crippen LogP contribution >= 0.6 is 0 Å². The number of aromatic nitrogens is 2. The Morgan fingerprint density at radius 2 is 1.94 bits per heavy atom. The average Bonchev–Trinajstić information content (AvgIpc) is 2.62. The number of imidazole rings is 1. The molecule has 0 spiro atoms. The van der Waals surface area contributed by atoms with E-state index in [1.165, 1.54) is 10.8 Å². The van der Waals surface area contributed by atoms with Gasteiger partial charge in [-0.15, -0.1) is 0 Å². The number of hydrogen-bond acceptors (Lipinski definition) is 6. The Morgan fingerprint density at radius 1 is 1.38 bits per heavy atom. The first-order chi connectivity index (χ1) is 7.58. The van der Waals surface area contributed by atoms with Crippen LogP contribution in [-0.2, 0) is 6.54 Å². The van der Waals surface area contributed by atoms with Crippen LogP contribution in [0.25, 0.3) is 0 Å². The van der Waals surface area contributed by atoms with Gasteiger partial charge in [0.2, 0.25) is 0 Å². The standard InChI is InChI=1S/C6H9N3O3.C2H6O2/c1-5-7-4-6(9(11)12)8(5)2-3-10;3-1-2-4/h4,10H,2-3H2,1H3;3-4H,1-2H2. The van der Waals surface area contributed by atoms with Crippen LogP contribution in [0, 0.1) is 17.0 Å². The zero-order valence-corrected chi connectivity index (χ0v) is 8.91. The topological polar surface area (TPSA) is 122 Å². The molecule has 1 aromatic rings. The Balaban J connectivity index is 0.000000487. The lowest BCUT2D eigenvalue weighted by molar-refractivity contribution is -0.392. The summed E-state index contributed by atoms with van der Waals surface area (Å²) in [7, 11) is 0. The van der Waals surface area contributed by atoms with Crippen molar-refractivity contribution in [3.63, 3.8) is 0 Å². The van der Waals surface area contributed by atoms with E-state index in [1.807, 2.05) is 0 Å². The summed E-state index contributed by atoms with van der Waals surface area (Å²) in [5.74, 6) is 0.456. The molecule has 16 heavy (non-hydrogen) atoms. The molecule has 0 aliphatic carbocycles. The lowest BCUT2D eigenvalue weighted by Gasteiger charge is -1.98. The Morgan fingerprint density at radius 3 is 2.31 bits per heavy atom. The van der Waals surface area contributed by atoms with Crippen LogP contribution in [0.15, 0.2) is 6.20 Å². The van der Waals surface area contributed by atoms with Crippen molar-refractivity contribution in [3.05, 3.63) is 22.1 Å². The molecule has 92 valence electrons. The van der Waals surface area contributed by atoms with E-state index in [4.69, 9.17) is 15.3 Å². The second-order valence-corrected chi connectivity index (χ2v) is 2.74. The normalized spacial score (nSPS) is 9.50. The number of aliphatic hydroxyl groups is 3. The lowest BCUT2D eigenvalue weighted by atomic mass is 10.6. The molecular formula is C8H15N3O5. The summed E-state index contributed by atoms with van der Waals surface area (Å²) in [6, 6.07) is 0. The van der Waals surface area contributed by atoms with Crippen molar-refractivity contribution >= 4 is 5.82 Å². The van der Waals surface area contributed by atoms with E-state index in [2.05, 4.69) is 4.98 Å². The van der Waals surface area contributed by atoms with Gasteiger partial charge in [-0.2, -0.15) is 0 Å². The molecule has 0 saturated carbocycles. The highest BCUT2D eigenvalue weighted by Crippen LogP contribution is 2.12. The maximum atomic E-state index is 10.4. The molecule has 0 aliphatic heterocycles. The van der Waals surface area contributed by atoms with Crippen molar-refractivity contribution in [2.24, 2.45) is 0 Å². The van der Waals surface area contributed by atoms with Gasteiger partial charge >= 0.3 is 5.82 Å². The van der Waals surface area contributed by atoms with Crippen molar-refractivity contribution in [1.29, 1.82) is 0 Å². The Labute approximate surface area is 91.9 Å². The lowest BCUT2D eigenvalue weighted by Crippen LogP contribution is -2.07. The van der Waals surface area contributed by atoms with Crippen LogP contribution in [0.2, 0.25) is 0 Å².